The second-order valence-corrected chi connectivity index (χ2v) is 8.49. The van der Waals surface area contributed by atoms with Crippen molar-refractivity contribution in [1.29, 1.82) is 0 Å². The Balaban J connectivity index is 1.28. The van der Waals surface area contributed by atoms with Crippen molar-refractivity contribution in [3.05, 3.63) is 35.4 Å². The first-order valence-electron chi connectivity index (χ1n) is 11.1. The molecule has 2 saturated heterocycles. The lowest BCUT2D eigenvalue weighted by molar-refractivity contribution is 0.188. The fraction of sp³-hybridized carbons (Fsp3) is 0.500. The zero-order valence-electron chi connectivity index (χ0n) is 18.8. The van der Waals surface area contributed by atoms with Crippen molar-refractivity contribution in [2.45, 2.75) is 0 Å². The highest BCUT2D eigenvalue weighted by molar-refractivity contribution is 6.31. The first kappa shape index (κ1) is 23.3. The molecule has 0 atom stereocenters. The molecule has 2 fully saturated rings. The molecule has 1 aromatic heterocycles. The van der Waals surface area contributed by atoms with Gasteiger partial charge in [-0.05, 0) is 30.3 Å². The number of benzene rings is 1. The number of aliphatic hydroxyl groups is 1. The fourth-order valence-electron chi connectivity index (χ4n) is 4.11. The maximum absolute atomic E-state index is 12.7. The van der Waals surface area contributed by atoms with Crippen molar-refractivity contribution in [2.75, 3.05) is 87.7 Å². The van der Waals surface area contributed by atoms with E-state index in [0.29, 0.717) is 42.6 Å². The van der Waals surface area contributed by atoms with Crippen LogP contribution in [-0.4, -0.2) is 104 Å². The molecule has 2 aromatic rings. The number of carbonyl (C=O) groups excluding carboxylic acids is 1. The Morgan fingerprint density at radius 2 is 1.61 bits per heavy atom. The molecule has 0 unspecified atom stereocenters. The SMILES string of the molecule is COc1ccc(Cl)cc1NC(=O)N1CCN(c2ccc(N3CCN(CCO)CC3)nn2)CC1. The smallest absolute Gasteiger partial charge is 0.322 e. The minimum atomic E-state index is -0.183. The van der Waals surface area contributed by atoms with Crippen molar-refractivity contribution in [3.63, 3.8) is 0 Å². The average molecular weight is 476 g/mol. The van der Waals surface area contributed by atoms with Crippen LogP contribution in [0.3, 0.4) is 0 Å². The largest absolute Gasteiger partial charge is 0.495 e. The Morgan fingerprint density at radius 3 is 2.15 bits per heavy atom. The van der Waals surface area contributed by atoms with Gasteiger partial charge in [0.05, 0.1) is 19.4 Å². The van der Waals surface area contributed by atoms with E-state index >= 15 is 0 Å². The maximum Gasteiger partial charge on any atom is 0.322 e. The summed E-state index contributed by atoms with van der Waals surface area (Å²) >= 11 is 6.06. The molecule has 2 amide bonds. The molecule has 0 aliphatic carbocycles. The van der Waals surface area contributed by atoms with Crippen LogP contribution in [0.1, 0.15) is 0 Å². The van der Waals surface area contributed by atoms with E-state index in [4.69, 9.17) is 21.4 Å². The molecule has 178 valence electrons. The van der Waals surface area contributed by atoms with E-state index in [2.05, 4.69) is 30.2 Å². The van der Waals surface area contributed by atoms with Gasteiger partial charge >= 0.3 is 6.03 Å². The predicted molar refractivity (Wildman–Crippen MR) is 129 cm³/mol. The number of carbonyl (C=O) groups is 1. The molecule has 0 radical (unpaired) electrons. The molecular weight excluding hydrogens is 446 g/mol. The van der Waals surface area contributed by atoms with Crippen molar-refractivity contribution in [2.24, 2.45) is 0 Å². The highest BCUT2D eigenvalue weighted by atomic mass is 35.5. The van der Waals surface area contributed by atoms with Gasteiger partial charge in [0.2, 0.25) is 0 Å². The lowest BCUT2D eigenvalue weighted by Gasteiger charge is -2.36. The molecule has 0 saturated carbocycles. The molecule has 3 heterocycles. The second kappa shape index (κ2) is 10.9. The molecule has 11 heteroatoms. The fourth-order valence-corrected chi connectivity index (χ4v) is 4.28. The van der Waals surface area contributed by atoms with Crippen molar-refractivity contribution in [1.82, 2.24) is 20.0 Å². The first-order chi connectivity index (χ1) is 16.1. The molecule has 2 N–H and O–H groups in total. The summed E-state index contributed by atoms with van der Waals surface area (Å²) < 4.78 is 5.30. The van der Waals surface area contributed by atoms with Crippen LogP contribution in [0.15, 0.2) is 30.3 Å². The minimum absolute atomic E-state index is 0.183. The quantitative estimate of drug-likeness (QED) is 0.650. The van der Waals surface area contributed by atoms with E-state index in [1.165, 1.54) is 0 Å². The molecule has 2 aliphatic rings. The number of hydrogen-bond acceptors (Lipinski definition) is 8. The molecular formula is C22H30ClN7O3. The lowest BCUT2D eigenvalue weighted by Crippen LogP contribution is -2.50. The van der Waals surface area contributed by atoms with Crippen LogP contribution in [0, 0.1) is 0 Å². The Kier molecular flexibility index (Phi) is 7.69. The third-order valence-corrected chi connectivity index (χ3v) is 6.28. The van der Waals surface area contributed by atoms with Gasteiger partial charge in [0.15, 0.2) is 11.6 Å². The second-order valence-electron chi connectivity index (χ2n) is 8.05. The van der Waals surface area contributed by atoms with Crippen molar-refractivity contribution >= 4 is 35.0 Å². The number of rotatable bonds is 6. The number of amides is 2. The van der Waals surface area contributed by atoms with E-state index in [0.717, 1.165) is 44.4 Å². The lowest BCUT2D eigenvalue weighted by atomic mass is 10.3. The van der Waals surface area contributed by atoms with E-state index in [1.807, 2.05) is 12.1 Å². The number of urea groups is 1. The minimum Gasteiger partial charge on any atom is -0.495 e. The third kappa shape index (κ3) is 5.76. The maximum atomic E-state index is 12.7. The van der Waals surface area contributed by atoms with Crippen molar-refractivity contribution in [3.8, 4) is 5.75 Å². The van der Waals surface area contributed by atoms with Crippen LogP contribution >= 0.6 is 11.6 Å². The highest BCUT2D eigenvalue weighted by Crippen LogP contribution is 2.28. The van der Waals surface area contributed by atoms with Gasteiger partial charge in [-0.15, -0.1) is 10.2 Å². The number of hydrogen-bond donors (Lipinski definition) is 2. The molecule has 4 rings (SSSR count). The summed E-state index contributed by atoms with van der Waals surface area (Å²) in [5.41, 5.74) is 0.552. The first-order valence-corrected chi connectivity index (χ1v) is 11.5. The topological polar surface area (TPSA) is 97.3 Å². The summed E-state index contributed by atoms with van der Waals surface area (Å²) in [6.07, 6.45) is 0. The average Bonchev–Trinajstić information content (AvgIpc) is 2.85. The van der Waals surface area contributed by atoms with Gasteiger partial charge in [-0.1, -0.05) is 11.6 Å². The monoisotopic (exact) mass is 475 g/mol. The zero-order chi connectivity index (χ0) is 23.2. The van der Waals surface area contributed by atoms with Crippen LogP contribution in [0.25, 0.3) is 0 Å². The third-order valence-electron chi connectivity index (χ3n) is 6.04. The van der Waals surface area contributed by atoms with Crippen LogP contribution in [0.2, 0.25) is 5.02 Å². The summed E-state index contributed by atoms with van der Waals surface area (Å²) in [6, 6.07) is 8.95. The number of piperazine rings is 2. The highest BCUT2D eigenvalue weighted by Gasteiger charge is 2.24. The Labute approximate surface area is 198 Å². The molecule has 33 heavy (non-hydrogen) atoms. The van der Waals surface area contributed by atoms with E-state index in [1.54, 1.807) is 30.2 Å². The number of β-amino-alcohol motifs (C(OH)–C–C–N with tert-alkyl or cyclic N) is 1. The Hall–Kier alpha value is -2.82. The number of nitrogens with one attached hydrogen (secondary N) is 1. The molecule has 0 bridgehead atoms. The number of ether oxygens (including phenoxy) is 1. The summed E-state index contributed by atoms with van der Waals surface area (Å²) in [7, 11) is 1.56. The number of aromatic nitrogens is 2. The van der Waals surface area contributed by atoms with Gasteiger partial charge < -0.3 is 29.9 Å². The number of nitrogens with zero attached hydrogens (tertiary/aromatic N) is 6. The normalized spacial score (nSPS) is 17.2. The van der Waals surface area contributed by atoms with Gasteiger partial charge in [-0.2, -0.15) is 0 Å². The number of anilines is 3. The summed E-state index contributed by atoms with van der Waals surface area (Å²) in [4.78, 5) is 21.1. The zero-order valence-corrected chi connectivity index (χ0v) is 19.5. The van der Waals surface area contributed by atoms with E-state index < -0.39 is 0 Å². The Bertz CT molecular complexity index is 930. The van der Waals surface area contributed by atoms with Crippen LogP contribution in [-0.2, 0) is 0 Å². The Morgan fingerprint density at radius 1 is 1.00 bits per heavy atom. The summed E-state index contributed by atoms with van der Waals surface area (Å²) in [5, 5.41) is 21.4. The summed E-state index contributed by atoms with van der Waals surface area (Å²) in [5.74, 6) is 2.25. The van der Waals surface area contributed by atoms with Gasteiger partial charge in [0, 0.05) is 63.9 Å². The van der Waals surface area contributed by atoms with Gasteiger partial charge in [-0.25, -0.2) is 4.79 Å². The van der Waals surface area contributed by atoms with Crippen molar-refractivity contribution < 1.29 is 14.6 Å². The number of aliphatic hydroxyl groups excluding tert-OH is 1. The van der Waals surface area contributed by atoms with Crippen LogP contribution in [0.4, 0.5) is 22.1 Å². The van der Waals surface area contributed by atoms with Gasteiger partial charge in [-0.3, -0.25) is 4.90 Å². The van der Waals surface area contributed by atoms with E-state index in [-0.39, 0.29) is 12.6 Å². The van der Waals surface area contributed by atoms with Gasteiger partial charge in [0.25, 0.3) is 0 Å². The number of halogens is 1. The molecule has 2 aliphatic heterocycles. The standard InChI is InChI=1S/C22H30ClN7O3/c1-33-19-3-2-17(23)16-18(19)24-22(32)30-12-10-29(11-13-30)21-5-4-20(25-26-21)28-8-6-27(7-9-28)14-15-31/h2-5,16,31H,6-15H2,1H3,(H,24,32). The molecule has 10 nitrogen and oxygen atoms in total. The van der Waals surface area contributed by atoms with Crippen LogP contribution in [0.5, 0.6) is 5.75 Å². The molecule has 0 spiro atoms. The summed E-state index contributed by atoms with van der Waals surface area (Å²) in [6.45, 7) is 6.98. The van der Waals surface area contributed by atoms with Crippen LogP contribution < -0.4 is 19.9 Å². The molecule has 1 aromatic carbocycles. The predicted octanol–water partition coefficient (Wildman–Crippen LogP) is 1.61. The van der Waals surface area contributed by atoms with E-state index in [9.17, 15) is 4.79 Å². The number of methoxy groups -OCH3 is 1. The van der Waals surface area contributed by atoms with Gasteiger partial charge in [0.1, 0.15) is 5.75 Å².